The Balaban J connectivity index is 4.59. The molecule has 0 saturated carbocycles. The maximum Gasteiger partial charge on any atom is 0.306 e. The summed E-state index contributed by atoms with van der Waals surface area (Å²) in [6.07, 6.45) is 78.4. The Morgan fingerprint density at radius 3 is 1.19 bits per heavy atom. The van der Waals surface area contributed by atoms with Crippen molar-refractivity contribution in [1.29, 1.82) is 0 Å². The van der Waals surface area contributed by atoms with Crippen molar-refractivity contribution < 1.29 is 28.6 Å². The van der Waals surface area contributed by atoms with Crippen LogP contribution in [0, 0.1) is 0 Å². The standard InChI is InChI=1S/C62H96O6/c1-4-7-10-13-16-19-22-25-27-29-31-33-34-37-40-43-46-49-52-55-61(64)67-58-59(57-66-60(63)54-51-48-45-42-39-36-24-21-18-15-12-9-6-3)68-62(65)56-53-50-47-44-41-38-35-32-30-28-26-23-20-17-14-11-8-5-2/h7,10-11,14,16-17,19-20,23,25-28,30-33,35-37,39-40,45,48,59H,4-6,8-9,12-13,15,18,21-22,24,29,34,38,41-44,46-47,49-58H2,1-3H3/b10-7-,14-11-,19-16-,20-17-,26-23-,27-25-,30-28-,33-31-,35-32-,39-36-,40-37-,48-45-. The van der Waals surface area contributed by atoms with Gasteiger partial charge in [-0.25, -0.2) is 0 Å². The normalized spacial score (nSPS) is 13.3. The van der Waals surface area contributed by atoms with Crippen molar-refractivity contribution in [2.45, 2.75) is 213 Å². The lowest BCUT2D eigenvalue weighted by atomic mass is 10.1. The molecule has 0 rings (SSSR count). The number of allylic oxidation sites excluding steroid dienone is 24. The lowest BCUT2D eigenvalue weighted by molar-refractivity contribution is -0.166. The van der Waals surface area contributed by atoms with Gasteiger partial charge in [-0.2, -0.15) is 0 Å². The summed E-state index contributed by atoms with van der Waals surface area (Å²) in [6, 6.07) is 0. The molecule has 1 unspecified atom stereocenters. The highest BCUT2D eigenvalue weighted by atomic mass is 16.6. The Hall–Kier alpha value is -4.71. The second-order valence-electron chi connectivity index (χ2n) is 17.2. The first-order valence-electron chi connectivity index (χ1n) is 26.9. The van der Waals surface area contributed by atoms with E-state index in [4.69, 9.17) is 14.2 Å². The Kier molecular flexibility index (Phi) is 51.1. The molecule has 0 fully saturated rings. The minimum Gasteiger partial charge on any atom is -0.462 e. The third-order valence-electron chi connectivity index (χ3n) is 10.7. The Morgan fingerprint density at radius 2 is 0.691 bits per heavy atom. The molecule has 0 aromatic heterocycles. The average Bonchev–Trinajstić information content (AvgIpc) is 3.34. The van der Waals surface area contributed by atoms with Crippen LogP contribution in [-0.4, -0.2) is 37.2 Å². The summed E-state index contributed by atoms with van der Waals surface area (Å²) in [5.41, 5.74) is 0. The largest absolute Gasteiger partial charge is 0.462 e. The lowest BCUT2D eigenvalue weighted by Gasteiger charge is -2.18. The molecule has 0 spiro atoms. The molecule has 0 heterocycles. The SMILES string of the molecule is CC/C=C\C/C=C\C/C=C\C/C=C\C/C=C\CCCCCC(=O)OCC(COC(=O)CC/C=C\C/C=C\CCCCCCCC)OC(=O)CCCCCCC\C=C/C=C\C=C/C=C\C=C/CCC. The average molecular weight is 937 g/mol. The molecule has 0 aliphatic carbocycles. The molecule has 0 bridgehead atoms. The third-order valence-corrected chi connectivity index (χ3v) is 10.7. The van der Waals surface area contributed by atoms with Crippen LogP contribution in [0.25, 0.3) is 0 Å². The van der Waals surface area contributed by atoms with Gasteiger partial charge >= 0.3 is 17.9 Å². The molecular weight excluding hydrogens is 841 g/mol. The van der Waals surface area contributed by atoms with Gasteiger partial charge in [0.15, 0.2) is 6.10 Å². The van der Waals surface area contributed by atoms with E-state index in [1.54, 1.807) is 0 Å². The Morgan fingerprint density at radius 1 is 0.324 bits per heavy atom. The monoisotopic (exact) mass is 937 g/mol. The maximum absolute atomic E-state index is 12.8. The van der Waals surface area contributed by atoms with Crippen LogP contribution < -0.4 is 0 Å². The molecule has 6 nitrogen and oxygen atoms in total. The van der Waals surface area contributed by atoms with Crippen LogP contribution in [0.5, 0.6) is 0 Å². The van der Waals surface area contributed by atoms with Gasteiger partial charge in [-0.05, 0) is 103 Å². The van der Waals surface area contributed by atoms with Crippen molar-refractivity contribution in [3.05, 3.63) is 146 Å². The van der Waals surface area contributed by atoms with Gasteiger partial charge in [0.2, 0.25) is 0 Å². The van der Waals surface area contributed by atoms with Gasteiger partial charge in [-0.1, -0.05) is 231 Å². The van der Waals surface area contributed by atoms with Gasteiger partial charge in [0.05, 0.1) is 0 Å². The summed E-state index contributed by atoms with van der Waals surface area (Å²) in [5.74, 6) is -1.06. The fourth-order valence-electron chi connectivity index (χ4n) is 6.67. The number of hydrogen-bond donors (Lipinski definition) is 0. The van der Waals surface area contributed by atoms with Gasteiger partial charge in [-0.15, -0.1) is 0 Å². The molecule has 6 heteroatoms. The molecule has 0 aliphatic rings. The first-order valence-corrected chi connectivity index (χ1v) is 26.9. The van der Waals surface area contributed by atoms with Crippen LogP contribution in [-0.2, 0) is 28.6 Å². The molecule has 0 aromatic rings. The number of esters is 3. The van der Waals surface area contributed by atoms with E-state index in [1.165, 1.54) is 44.9 Å². The van der Waals surface area contributed by atoms with Crippen LogP contribution >= 0.6 is 0 Å². The molecule has 0 aromatic carbocycles. The molecule has 380 valence electrons. The zero-order chi connectivity index (χ0) is 49.3. The fourth-order valence-corrected chi connectivity index (χ4v) is 6.67. The molecule has 1 atom stereocenters. The zero-order valence-electron chi connectivity index (χ0n) is 43.3. The van der Waals surface area contributed by atoms with E-state index < -0.39 is 6.10 Å². The van der Waals surface area contributed by atoms with E-state index in [-0.39, 0.29) is 44.0 Å². The van der Waals surface area contributed by atoms with Crippen molar-refractivity contribution in [3.8, 4) is 0 Å². The molecule has 0 amide bonds. The summed E-state index contributed by atoms with van der Waals surface area (Å²) in [5, 5.41) is 0. The first kappa shape index (κ1) is 63.3. The molecule has 0 radical (unpaired) electrons. The predicted octanol–water partition coefficient (Wildman–Crippen LogP) is 18.0. The molecule has 0 aliphatic heterocycles. The topological polar surface area (TPSA) is 78.9 Å². The second kappa shape index (κ2) is 54.9. The number of carbonyl (C=O) groups excluding carboxylic acids is 3. The minimum atomic E-state index is -0.835. The summed E-state index contributed by atoms with van der Waals surface area (Å²) < 4.78 is 16.7. The summed E-state index contributed by atoms with van der Waals surface area (Å²) in [4.78, 5) is 38.0. The van der Waals surface area contributed by atoms with Crippen LogP contribution in [0.15, 0.2) is 146 Å². The van der Waals surface area contributed by atoms with Crippen molar-refractivity contribution in [1.82, 2.24) is 0 Å². The minimum absolute atomic E-state index is 0.129. The van der Waals surface area contributed by atoms with Gasteiger partial charge in [-0.3, -0.25) is 14.4 Å². The summed E-state index contributed by atoms with van der Waals surface area (Å²) in [6.45, 7) is 6.30. The van der Waals surface area contributed by atoms with Crippen LogP contribution in [0.2, 0.25) is 0 Å². The molecule has 0 N–H and O–H groups in total. The van der Waals surface area contributed by atoms with E-state index in [0.717, 1.165) is 116 Å². The Labute approximate surface area is 417 Å². The molecule has 0 saturated heterocycles. The lowest BCUT2D eigenvalue weighted by Crippen LogP contribution is -2.30. The van der Waals surface area contributed by atoms with Crippen molar-refractivity contribution in [2.75, 3.05) is 13.2 Å². The van der Waals surface area contributed by atoms with E-state index in [2.05, 4.69) is 124 Å². The van der Waals surface area contributed by atoms with Gasteiger partial charge in [0, 0.05) is 19.3 Å². The zero-order valence-corrected chi connectivity index (χ0v) is 43.3. The fraction of sp³-hybridized carbons (Fsp3) is 0.565. The van der Waals surface area contributed by atoms with Crippen molar-refractivity contribution in [2.24, 2.45) is 0 Å². The van der Waals surface area contributed by atoms with E-state index in [9.17, 15) is 14.4 Å². The maximum atomic E-state index is 12.8. The molecule has 68 heavy (non-hydrogen) atoms. The number of hydrogen-bond acceptors (Lipinski definition) is 6. The highest BCUT2D eigenvalue weighted by molar-refractivity contribution is 5.71. The first-order chi connectivity index (χ1) is 33.5. The Bertz CT molecular complexity index is 1540. The smallest absolute Gasteiger partial charge is 0.306 e. The number of carbonyl (C=O) groups is 3. The number of rotatable bonds is 46. The number of unbranched alkanes of at least 4 members (excludes halogenated alkanes) is 15. The van der Waals surface area contributed by atoms with Gasteiger partial charge in [0.25, 0.3) is 0 Å². The predicted molar refractivity (Wildman–Crippen MR) is 292 cm³/mol. The third kappa shape index (κ3) is 52.3. The van der Waals surface area contributed by atoms with Gasteiger partial charge in [0.1, 0.15) is 13.2 Å². The number of ether oxygens (including phenoxy) is 3. The second-order valence-corrected chi connectivity index (χ2v) is 17.2. The van der Waals surface area contributed by atoms with Crippen LogP contribution in [0.1, 0.15) is 207 Å². The van der Waals surface area contributed by atoms with Crippen LogP contribution in [0.3, 0.4) is 0 Å². The van der Waals surface area contributed by atoms with Crippen molar-refractivity contribution >= 4 is 17.9 Å². The van der Waals surface area contributed by atoms with E-state index >= 15 is 0 Å². The van der Waals surface area contributed by atoms with Gasteiger partial charge < -0.3 is 14.2 Å². The highest BCUT2D eigenvalue weighted by Gasteiger charge is 2.19. The van der Waals surface area contributed by atoms with Crippen LogP contribution in [0.4, 0.5) is 0 Å². The van der Waals surface area contributed by atoms with E-state index in [0.29, 0.717) is 12.8 Å². The van der Waals surface area contributed by atoms with E-state index in [1.807, 2.05) is 42.5 Å². The summed E-state index contributed by atoms with van der Waals surface area (Å²) in [7, 11) is 0. The highest BCUT2D eigenvalue weighted by Crippen LogP contribution is 2.12. The molecular formula is C62H96O6. The van der Waals surface area contributed by atoms with Crippen molar-refractivity contribution in [3.63, 3.8) is 0 Å². The summed E-state index contributed by atoms with van der Waals surface area (Å²) >= 11 is 0. The quantitative estimate of drug-likeness (QED) is 0.0199.